The molecule has 122 valence electrons. The van der Waals surface area contributed by atoms with Crippen molar-refractivity contribution >= 4 is 5.91 Å². The van der Waals surface area contributed by atoms with Gasteiger partial charge in [-0.1, -0.05) is 6.42 Å². The van der Waals surface area contributed by atoms with Gasteiger partial charge in [-0.15, -0.1) is 0 Å². The predicted molar refractivity (Wildman–Crippen MR) is 81.3 cm³/mol. The fourth-order valence-corrected chi connectivity index (χ4v) is 2.80. The summed E-state index contributed by atoms with van der Waals surface area (Å²) in [7, 11) is 0. The van der Waals surface area contributed by atoms with Crippen molar-refractivity contribution in [2.75, 3.05) is 26.2 Å². The van der Waals surface area contributed by atoms with Crippen molar-refractivity contribution in [3.8, 4) is 5.75 Å². The Morgan fingerprint density at radius 3 is 2.95 bits per heavy atom. The summed E-state index contributed by atoms with van der Waals surface area (Å²) in [6.45, 7) is 2.51. The van der Waals surface area contributed by atoms with Crippen LogP contribution in [0.15, 0.2) is 18.2 Å². The SMILES string of the molecule is O=C(NCCCN1CCCCC1CO)c1ccc(F)c(O)c1. The van der Waals surface area contributed by atoms with Crippen molar-refractivity contribution in [1.29, 1.82) is 0 Å². The Morgan fingerprint density at radius 2 is 2.23 bits per heavy atom. The second-order valence-corrected chi connectivity index (χ2v) is 5.64. The van der Waals surface area contributed by atoms with Gasteiger partial charge in [0.2, 0.25) is 0 Å². The Labute approximate surface area is 129 Å². The van der Waals surface area contributed by atoms with Crippen molar-refractivity contribution in [2.24, 2.45) is 0 Å². The van der Waals surface area contributed by atoms with Crippen LogP contribution in [0.1, 0.15) is 36.0 Å². The second-order valence-electron chi connectivity index (χ2n) is 5.64. The molecule has 0 aromatic heterocycles. The number of rotatable bonds is 6. The first-order chi connectivity index (χ1) is 10.6. The summed E-state index contributed by atoms with van der Waals surface area (Å²) in [5.41, 5.74) is 0.241. The lowest BCUT2D eigenvalue weighted by Gasteiger charge is -2.34. The highest BCUT2D eigenvalue weighted by Gasteiger charge is 2.20. The maximum atomic E-state index is 12.9. The Hall–Kier alpha value is -1.66. The third-order valence-corrected chi connectivity index (χ3v) is 4.08. The second kappa shape index (κ2) is 8.10. The van der Waals surface area contributed by atoms with Crippen molar-refractivity contribution < 1.29 is 19.4 Å². The van der Waals surface area contributed by atoms with E-state index < -0.39 is 11.6 Å². The van der Waals surface area contributed by atoms with Gasteiger partial charge in [0.15, 0.2) is 11.6 Å². The average Bonchev–Trinajstić information content (AvgIpc) is 2.54. The van der Waals surface area contributed by atoms with Gasteiger partial charge in [0.05, 0.1) is 6.61 Å². The monoisotopic (exact) mass is 310 g/mol. The minimum atomic E-state index is -0.739. The first-order valence-electron chi connectivity index (χ1n) is 7.73. The van der Waals surface area contributed by atoms with Gasteiger partial charge in [-0.2, -0.15) is 0 Å². The van der Waals surface area contributed by atoms with E-state index in [1.165, 1.54) is 6.07 Å². The molecule has 6 heteroatoms. The van der Waals surface area contributed by atoms with Crippen LogP contribution in [0.4, 0.5) is 4.39 Å². The molecule has 5 nitrogen and oxygen atoms in total. The summed E-state index contributed by atoms with van der Waals surface area (Å²) in [5, 5.41) is 21.4. The molecule has 2 rings (SSSR count). The van der Waals surface area contributed by atoms with Crippen LogP contribution in [-0.2, 0) is 0 Å². The molecule has 0 saturated carbocycles. The van der Waals surface area contributed by atoms with E-state index in [1.54, 1.807) is 0 Å². The van der Waals surface area contributed by atoms with Gasteiger partial charge < -0.3 is 15.5 Å². The fraction of sp³-hybridized carbons (Fsp3) is 0.562. The van der Waals surface area contributed by atoms with Crippen molar-refractivity contribution in [2.45, 2.75) is 31.7 Å². The average molecular weight is 310 g/mol. The zero-order valence-corrected chi connectivity index (χ0v) is 12.6. The van der Waals surface area contributed by atoms with Crippen LogP contribution in [0.5, 0.6) is 5.75 Å². The number of piperidine rings is 1. The minimum Gasteiger partial charge on any atom is -0.505 e. The number of aliphatic hydroxyl groups excluding tert-OH is 1. The molecule has 1 fully saturated rings. The number of aromatic hydroxyl groups is 1. The zero-order valence-electron chi connectivity index (χ0n) is 12.6. The number of phenolic OH excluding ortho intramolecular Hbond substituents is 1. The normalized spacial score (nSPS) is 19.1. The van der Waals surface area contributed by atoms with Gasteiger partial charge >= 0.3 is 0 Å². The molecule has 22 heavy (non-hydrogen) atoms. The molecule has 1 heterocycles. The minimum absolute atomic E-state index is 0.182. The Kier molecular flexibility index (Phi) is 6.15. The van der Waals surface area contributed by atoms with E-state index in [0.717, 1.165) is 50.9 Å². The number of nitrogens with zero attached hydrogens (tertiary/aromatic N) is 1. The Balaban J connectivity index is 1.73. The number of hydrogen-bond donors (Lipinski definition) is 3. The summed E-state index contributed by atoms with van der Waals surface area (Å²) >= 11 is 0. The maximum absolute atomic E-state index is 12.9. The lowest BCUT2D eigenvalue weighted by Crippen LogP contribution is -2.43. The quantitative estimate of drug-likeness (QED) is 0.696. The van der Waals surface area contributed by atoms with E-state index in [-0.39, 0.29) is 24.1 Å². The van der Waals surface area contributed by atoms with E-state index in [0.29, 0.717) is 6.54 Å². The van der Waals surface area contributed by atoms with E-state index in [2.05, 4.69) is 10.2 Å². The molecular weight excluding hydrogens is 287 g/mol. The number of nitrogens with one attached hydrogen (secondary N) is 1. The number of benzene rings is 1. The van der Waals surface area contributed by atoms with Gasteiger partial charge in [0.25, 0.3) is 5.91 Å². The largest absolute Gasteiger partial charge is 0.505 e. The molecule has 1 aromatic carbocycles. The lowest BCUT2D eigenvalue weighted by atomic mass is 10.0. The maximum Gasteiger partial charge on any atom is 0.251 e. The first kappa shape index (κ1) is 16.7. The molecule has 1 aromatic rings. The molecule has 0 spiro atoms. The first-order valence-corrected chi connectivity index (χ1v) is 7.73. The van der Waals surface area contributed by atoms with E-state index in [4.69, 9.17) is 0 Å². The number of amides is 1. The van der Waals surface area contributed by atoms with E-state index in [9.17, 15) is 19.4 Å². The number of halogens is 1. The van der Waals surface area contributed by atoms with E-state index >= 15 is 0 Å². The highest BCUT2D eigenvalue weighted by atomic mass is 19.1. The zero-order chi connectivity index (χ0) is 15.9. The number of likely N-dealkylation sites (tertiary alicyclic amines) is 1. The molecule has 1 aliphatic rings. The summed E-state index contributed by atoms with van der Waals surface area (Å²) in [6.07, 6.45) is 4.12. The van der Waals surface area contributed by atoms with Crippen molar-refractivity contribution in [3.63, 3.8) is 0 Å². The third kappa shape index (κ3) is 4.42. The summed E-state index contributed by atoms with van der Waals surface area (Å²) in [5.74, 6) is -1.59. The highest BCUT2D eigenvalue weighted by molar-refractivity contribution is 5.94. The molecule has 0 aliphatic carbocycles. The molecule has 1 saturated heterocycles. The Bertz CT molecular complexity index is 510. The van der Waals surface area contributed by atoms with Crippen LogP contribution in [0.3, 0.4) is 0 Å². The molecule has 1 aliphatic heterocycles. The van der Waals surface area contributed by atoms with Gasteiger partial charge in [-0.05, 0) is 44.0 Å². The molecule has 0 bridgehead atoms. The lowest BCUT2D eigenvalue weighted by molar-refractivity contribution is 0.0868. The van der Waals surface area contributed by atoms with Crippen LogP contribution in [-0.4, -0.2) is 53.3 Å². The van der Waals surface area contributed by atoms with Crippen molar-refractivity contribution in [3.05, 3.63) is 29.6 Å². The van der Waals surface area contributed by atoms with Gasteiger partial charge in [0, 0.05) is 24.7 Å². The molecule has 0 radical (unpaired) electrons. The number of hydrogen-bond acceptors (Lipinski definition) is 4. The summed E-state index contributed by atoms with van der Waals surface area (Å²) in [4.78, 5) is 14.1. The predicted octanol–water partition coefficient (Wildman–Crippen LogP) is 1.50. The fourth-order valence-electron chi connectivity index (χ4n) is 2.80. The molecule has 1 unspecified atom stereocenters. The topological polar surface area (TPSA) is 72.8 Å². The van der Waals surface area contributed by atoms with Crippen LogP contribution >= 0.6 is 0 Å². The smallest absolute Gasteiger partial charge is 0.251 e. The summed E-state index contributed by atoms with van der Waals surface area (Å²) < 4.78 is 12.9. The van der Waals surface area contributed by atoms with Gasteiger partial charge in [-0.3, -0.25) is 9.69 Å². The third-order valence-electron chi connectivity index (χ3n) is 4.08. The van der Waals surface area contributed by atoms with Gasteiger partial charge in [0.1, 0.15) is 0 Å². The van der Waals surface area contributed by atoms with Crippen LogP contribution < -0.4 is 5.32 Å². The number of carbonyl (C=O) groups excluding carboxylic acids is 1. The molecule has 1 atom stereocenters. The standard InChI is InChI=1S/C16H23FN2O3/c17-14-6-5-12(10-15(14)21)16(22)18-7-3-9-19-8-2-1-4-13(19)11-20/h5-6,10,13,20-21H,1-4,7-9,11H2,(H,18,22). The summed E-state index contributed by atoms with van der Waals surface area (Å²) in [6, 6.07) is 3.77. The number of aliphatic hydroxyl groups is 1. The van der Waals surface area contributed by atoms with Crippen LogP contribution in [0, 0.1) is 5.82 Å². The van der Waals surface area contributed by atoms with E-state index in [1.807, 2.05) is 0 Å². The number of phenols is 1. The van der Waals surface area contributed by atoms with Crippen molar-refractivity contribution in [1.82, 2.24) is 10.2 Å². The highest BCUT2D eigenvalue weighted by Crippen LogP contribution is 2.17. The van der Waals surface area contributed by atoms with Gasteiger partial charge in [-0.25, -0.2) is 4.39 Å². The van der Waals surface area contributed by atoms with Crippen LogP contribution in [0.2, 0.25) is 0 Å². The Morgan fingerprint density at radius 1 is 1.41 bits per heavy atom. The molecule has 3 N–H and O–H groups in total. The molecule has 1 amide bonds. The molecular formula is C16H23FN2O3. The van der Waals surface area contributed by atoms with Crippen LogP contribution in [0.25, 0.3) is 0 Å². The number of carbonyl (C=O) groups is 1.